The van der Waals surface area contributed by atoms with Gasteiger partial charge in [0, 0.05) is 17.5 Å². The smallest absolute Gasteiger partial charge is 0.263 e. The third-order valence-corrected chi connectivity index (χ3v) is 4.65. The number of benzene rings is 2. The second kappa shape index (κ2) is 9.09. The van der Waals surface area contributed by atoms with Gasteiger partial charge >= 0.3 is 0 Å². The van der Waals surface area contributed by atoms with Crippen LogP contribution in [-0.2, 0) is 16.2 Å². The number of aromatic nitrogens is 2. The van der Waals surface area contributed by atoms with Crippen molar-refractivity contribution in [3.8, 4) is 11.8 Å². The molecule has 0 aliphatic heterocycles. The minimum Gasteiger partial charge on any atom is -0.392 e. The summed E-state index contributed by atoms with van der Waals surface area (Å²) < 4.78 is 1.33. The van der Waals surface area contributed by atoms with Gasteiger partial charge in [-0.05, 0) is 43.2 Å². The number of hydrogen-bond acceptors (Lipinski definition) is 5. The Morgan fingerprint density at radius 2 is 1.90 bits per heavy atom. The topological polar surface area (TPSA) is 89.3 Å². The molecule has 0 spiro atoms. The molecular formula is C23H20N2O4. The average Bonchev–Trinajstić information content (AvgIpc) is 2.74. The fourth-order valence-electron chi connectivity index (χ4n) is 3.18. The number of aldehydes is 2. The highest BCUT2D eigenvalue weighted by molar-refractivity contribution is 5.84. The quantitative estimate of drug-likeness (QED) is 0.517. The summed E-state index contributed by atoms with van der Waals surface area (Å²) in [6.07, 6.45) is 1.82. The van der Waals surface area contributed by atoms with Gasteiger partial charge in [0.1, 0.15) is 18.4 Å². The Morgan fingerprint density at radius 1 is 1.14 bits per heavy atom. The van der Waals surface area contributed by atoms with Gasteiger partial charge < -0.3 is 14.7 Å². The highest BCUT2D eigenvalue weighted by atomic mass is 16.3. The molecule has 6 nitrogen and oxygen atoms in total. The van der Waals surface area contributed by atoms with E-state index in [1.807, 2.05) is 0 Å². The van der Waals surface area contributed by atoms with Crippen molar-refractivity contribution in [2.75, 3.05) is 0 Å². The maximum absolute atomic E-state index is 13.2. The molecule has 146 valence electrons. The van der Waals surface area contributed by atoms with Crippen LogP contribution in [0.5, 0.6) is 0 Å². The Bertz CT molecular complexity index is 1170. The standard InChI is InChI=1S/C23H20N2O4/c1-16-24-21-6-2-4-19(12-11-17-7-9-18(14-27)10-8-17)22(21)23(29)25(16)20(15-28)5-3-13-26/h2,4,6-10,13,15,20,27H,3,5,14H2,1H3. The molecule has 0 amide bonds. The largest absolute Gasteiger partial charge is 0.392 e. The number of rotatable bonds is 6. The number of aliphatic hydroxyl groups excluding tert-OH is 1. The van der Waals surface area contributed by atoms with Gasteiger partial charge in [-0.15, -0.1) is 0 Å². The molecule has 0 saturated heterocycles. The summed E-state index contributed by atoms with van der Waals surface area (Å²) in [5, 5.41) is 9.47. The number of hydrogen-bond donors (Lipinski definition) is 1. The van der Waals surface area contributed by atoms with Crippen LogP contribution in [0.25, 0.3) is 10.9 Å². The molecule has 0 aliphatic carbocycles. The number of carbonyl (C=O) groups excluding carboxylic acids is 2. The predicted molar refractivity (Wildman–Crippen MR) is 109 cm³/mol. The van der Waals surface area contributed by atoms with Crippen LogP contribution in [0, 0.1) is 18.8 Å². The van der Waals surface area contributed by atoms with Crippen molar-refractivity contribution in [1.82, 2.24) is 9.55 Å². The first-order valence-electron chi connectivity index (χ1n) is 9.21. The average molecular weight is 388 g/mol. The van der Waals surface area contributed by atoms with E-state index in [9.17, 15) is 14.4 Å². The Balaban J connectivity index is 2.13. The van der Waals surface area contributed by atoms with Gasteiger partial charge in [0.05, 0.1) is 23.6 Å². The lowest BCUT2D eigenvalue weighted by molar-refractivity contribution is -0.111. The van der Waals surface area contributed by atoms with Gasteiger partial charge in [-0.2, -0.15) is 0 Å². The zero-order valence-corrected chi connectivity index (χ0v) is 16.0. The molecule has 0 fully saturated rings. The van der Waals surface area contributed by atoms with Crippen molar-refractivity contribution >= 4 is 23.5 Å². The molecule has 1 aromatic heterocycles. The molecule has 6 heteroatoms. The second-order valence-corrected chi connectivity index (χ2v) is 6.59. The monoisotopic (exact) mass is 388 g/mol. The zero-order valence-electron chi connectivity index (χ0n) is 16.0. The van der Waals surface area contributed by atoms with Gasteiger partial charge in [-0.25, -0.2) is 4.98 Å². The number of aliphatic hydroxyl groups is 1. The summed E-state index contributed by atoms with van der Waals surface area (Å²) in [4.78, 5) is 39.9. The molecule has 0 bridgehead atoms. The van der Waals surface area contributed by atoms with Crippen LogP contribution < -0.4 is 5.56 Å². The minimum atomic E-state index is -0.753. The minimum absolute atomic E-state index is 0.0381. The van der Waals surface area contributed by atoms with Crippen molar-refractivity contribution in [3.05, 3.63) is 75.3 Å². The van der Waals surface area contributed by atoms with Crippen LogP contribution in [0.15, 0.2) is 47.3 Å². The van der Waals surface area contributed by atoms with E-state index >= 15 is 0 Å². The van der Waals surface area contributed by atoms with Gasteiger partial charge in [0.15, 0.2) is 0 Å². The molecular weight excluding hydrogens is 368 g/mol. The van der Waals surface area contributed by atoms with E-state index in [4.69, 9.17) is 5.11 Å². The number of fused-ring (bicyclic) bond motifs is 1. The first-order valence-corrected chi connectivity index (χ1v) is 9.21. The Morgan fingerprint density at radius 3 is 2.55 bits per heavy atom. The molecule has 29 heavy (non-hydrogen) atoms. The Hall–Kier alpha value is -3.56. The Labute approximate surface area is 167 Å². The molecule has 1 N–H and O–H groups in total. The van der Waals surface area contributed by atoms with Crippen molar-refractivity contribution in [1.29, 1.82) is 0 Å². The van der Waals surface area contributed by atoms with E-state index < -0.39 is 6.04 Å². The highest BCUT2D eigenvalue weighted by Crippen LogP contribution is 2.17. The number of carbonyl (C=O) groups is 2. The van der Waals surface area contributed by atoms with Gasteiger partial charge in [0.2, 0.25) is 0 Å². The molecule has 0 radical (unpaired) electrons. The first-order chi connectivity index (χ1) is 14.1. The van der Waals surface area contributed by atoms with E-state index in [0.29, 0.717) is 28.6 Å². The molecule has 2 aromatic carbocycles. The van der Waals surface area contributed by atoms with Crippen molar-refractivity contribution in [2.24, 2.45) is 0 Å². The van der Waals surface area contributed by atoms with E-state index in [1.54, 1.807) is 49.4 Å². The van der Waals surface area contributed by atoms with Crippen LogP contribution in [0.4, 0.5) is 0 Å². The van der Waals surface area contributed by atoms with Gasteiger partial charge in [-0.3, -0.25) is 9.36 Å². The Kier molecular flexibility index (Phi) is 6.32. The molecule has 1 unspecified atom stereocenters. The van der Waals surface area contributed by atoms with Crippen LogP contribution in [0.1, 0.15) is 41.4 Å². The molecule has 3 rings (SSSR count). The normalized spacial score (nSPS) is 11.5. The summed E-state index contributed by atoms with van der Waals surface area (Å²) >= 11 is 0. The fraction of sp³-hybridized carbons (Fsp3) is 0.217. The van der Waals surface area contributed by atoms with Crippen LogP contribution >= 0.6 is 0 Å². The molecule has 1 atom stereocenters. The SMILES string of the molecule is Cc1nc2cccc(C#Cc3ccc(CO)cc3)c2c(=O)n1C(C=O)CCC=O. The van der Waals surface area contributed by atoms with E-state index in [1.165, 1.54) is 4.57 Å². The molecule has 1 heterocycles. The lowest BCUT2D eigenvalue weighted by atomic mass is 10.1. The summed E-state index contributed by atoms with van der Waals surface area (Å²) in [6, 6.07) is 11.7. The van der Waals surface area contributed by atoms with Crippen molar-refractivity contribution < 1.29 is 14.7 Å². The van der Waals surface area contributed by atoms with E-state index in [2.05, 4.69) is 16.8 Å². The lowest BCUT2D eigenvalue weighted by Gasteiger charge is -2.16. The van der Waals surface area contributed by atoms with E-state index in [-0.39, 0.29) is 25.0 Å². The van der Waals surface area contributed by atoms with Gasteiger partial charge in [0.25, 0.3) is 5.56 Å². The summed E-state index contributed by atoms with van der Waals surface area (Å²) in [5.74, 6) is 6.45. The zero-order chi connectivity index (χ0) is 20.8. The summed E-state index contributed by atoms with van der Waals surface area (Å²) in [6.45, 7) is 1.63. The second-order valence-electron chi connectivity index (χ2n) is 6.59. The molecule has 3 aromatic rings. The van der Waals surface area contributed by atoms with Crippen LogP contribution in [0.3, 0.4) is 0 Å². The van der Waals surface area contributed by atoms with Crippen LogP contribution in [0.2, 0.25) is 0 Å². The number of nitrogens with zero attached hydrogens (tertiary/aromatic N) is 2. The third-order valence-electron chi connectivity index (χ3n) is 4.65. The summed E-state index contributed by atoms with van der Waals surface area (Å²) in [5.41, 5.74) is 2.21. The maximum Gasteiger partial charge on any atom is 0.263 e. The van der Waals surface area contributed by atoms with Crippen molar-refractivity contribution in [3.63, 3.8) is 0 Å². The predicted octanol–water partition coefficient (Wildman–Crippen LogP) is 2.32. The molecule has 0 saturated carbocycles. The molecule has 0 aliphatic rings. The van der Waals surface area contributed by atoms with Crippen LogP contribution in [-0.4, -0.2) is 27.2 Å². The summed E-state index contributed by atoms with van der Waals surface area (Å²) in [7, 11) is 0. The maximum atomic E-state index is 13.2. The number of aryl methyl sites for hydroxylation is 1. The van der Waals surface area contributed by atoms with E-state index in [0.717, 1.165) is 17.4 Å². The fourth-order valence-corrected chi connectivity index (χ4v) is 3.18. The first kappa shape index (κ1) is 20.2. The third kappa shape index (κ3) is 4.31. The van der Waals surface area contributed by atoms with Crippen molar-refractivity contribution in [2.45, 2.75) is 32.4 Å². The highest BCUT2D eigenvalue weighted by Gasteiger charge is 2.18. The van der Waals surface area contributed by atoms with Gasteiger partial charge in [-0.1, -0.05) is 30.0 Å². The lowest BCUT2D eigenvalue weighted by Crippen LogP contribution is -2.29.